The number of benzene rings is 1. The molecule has 0 spiro atoms. The van der Waals surface area contributed by atoms with Gasteiger partial charge in [-0.05, 0) is 29.4 Å². The number of amides is 1. The van der Waals surface area contributed by atoms with E-state index < -0.39 is 0 Å². The van der Waals surface area contributed by atoms with E-state index >= 15 is 0 Å². The Balaban J connectivity index is 2.76. The van der Waals surface area contributed by atoms with Crippen molar-refractivity contribution in [3.8, 4) is 0 Å². The summed E-state index contributed by atoms with van der Waals surface area (Å²) in [4.78, 5) is 11.4. The van der Waals surface area contributed by atoms with E-state index in [9.17, 15) is 4.79 Å². The van der Waals surface area contributed by atoms with Crippen molar-refractivity contribution in [2.24, 2.45) is 11.7 Å². The molecule has 3 nitrogen and oxygen atoms in total. The van der Waals surface area contributed by atoms with Crippen LogP contribution in [0.25, 0.3) is 0 Å². The standard InChI is InChI=1S/C12H16BrNO2S/c1-8(6-15)7-17-11(12(14)16)9-3-2-4-10(13)5-9/h2-5,8,11,15H,6-7H2,1H3,(H2,14,16)/t8-,11-/m0/s1. The fourth-order valence-electron chi connectivity index (χ4n) is 1.33. The van der Waals surface area contributed by atoms with Gasteiger partial charge in [-0.2, -0.15) is 0 Å². The SMILES string of the molecule is C[C@@H](CO)CS[C@H](C(N)=O)c1cccc(Br)c1. The average Bonchev–Trinajstić information content (AvgIpc) is 2.28. The predicted octanol–water partition coefficient (Wildman–Crippen LogP) is 2.34. The molecular weight excluding hydrogens is 302 g/mol. The molecule has 5 heteroatoms. The van der Waals surface area contributed by atoms with Crippen molar-refractivity contribution >= 4 is 33.6 Å². The van der Waals surface area contributed by atoms with E-state index in [1.165, 1.54) is 11.8 Å². The summed E-state index contributed by atoms with van der Waals surface area (Å²) in [5, 5.41) is 8.60. The molecule has 0 saturated carbocycles. The third kappa shape index (κ3) is 4.69. The van der Waals surface area contributed by atoms with E-state index in [-0.39, 0.29) is 23.7 Å². The smallest absolute Gasteiger partial charge is 0.235 e. The van der Waals surface area contributed by atoms with Crippen LogP contribution in [0.3, 0.4) is 0 Å². The quantitative estimate of drug-likeness (QED) is 0.846. The summed E-state index contributed by atoms with van der Waals surface area (Å²) in [7, 11) is 0. The second-order valence-electron chi connectivity index (χ2n) is 3.96. The molecule has 1 aromatic rings. The molecule has 1 amide bonds. The van der Waals surface area contributed by atoms with Gasteiger partial charge in [0.05, 0.1) is 0 Å². The first kappa shape index (κ1) is 14.5. The third-order valence-corrected chi connectivity index (χ3v) is 4.36. The number of halogens is 1. The molecule has 1 aromatic carbocycles. The number of aliphatic hydroxyl groups is 1. The van der Waals surface area contributed by atoms with E-state index in [2.05, 4.69) is 15.9 Å². The summed E-state index contributed by atoms with van der Waals surface area (Å²) in [6.45, 7) is 2.06. The monoisotopic (exact) mass is 317 g/mol. The molecule has 0 aromatic heterocycles. The molecule has 0 aliphatic heterocycles. The number of hydrogen-bond acceptors (Lipinski definition) is 3. The molecule has 1 rings (SSSR count). The van der Waals surface area contributed by atoms with Gasteiger partial charge < -0.3 is 10.8 Å². The maximum Gasteiger partial charge on any atom is 0.235 e. The summed E-state index contributed by atoms with van der Waals surface area (Å²) < 4.78 is 0.928. The van der Waals surface area contributed by atoms with Crippen LogP contribution in [0.5, 0.6) is 0 Å². The Morgan fingerprint density at radius 1 is 1.59 bits per heavy atom. The molecule has 0 bridgehead atoms. The van der Waals surface area contributed by atoms with E-state index in [1.54, 1.807) is 0 Å². The van der Waals surface area contributed by atoms with Crippen molar-refractivity contribution in [3.05, 3.63) is 34.3 Å². The van der Waals surface area contributed by atoms with Gasteiger partial charge in [-0.1, -0.05) is 35.0 Å². The maximum atomic E-state index is 11.4. The van der Waals surface area contributed by atoms with Gasteiger partial charge in [-0.25, -0.2) is 0 Å². The van der Waals surface area contributed by atoms with Gasteiger partial charge in [0.15, 0.2) is 0 Å². The molecule has 3 N–H and O–H groups in total. The molecule has 0 aliphatic rings. The Hall–Kier alpha value is -0.520. The number of hydrogen-bond donors (Lipinski definition) is 2. The lowest BCUT2D eigenvalue weighted by Gasteiger charge is -2.15. The van der Waals surface area contributed by atoms with Crippen LogP contribution in [-0.4, -0.2) is 23.4 Å². The van der Waals surface area contributed by atoms with Crippen LogP contribution >= 0.6 is 27.7 Å². The molecule has 94 valence electrons. The minimum atomic E-state index is -0.360. The van der Waals surface area contributed by atoms with Gasteiger partial charge in [0.1, 0.15) is 5.25 Å². The molecular formula is C12H16BrNO2S. The number of primary amides is 1. The summed E-state index contributed by atoms with van der Waals surface area (Å²) in [6, 6.07) is 7.57. The molecule has 0 unspecified atom stereocenters. The van der Waals surface area contributed by atoms with Crippen LogP contribution in [0.4, 0.5) is 0 Å². The molecule has 0 radical (unpaired) electrons. The fourth-order valence-corrected chi connectivity index (χ4v) is 2.87. The highest BCUT2D eigenvalue weighted by Crippen LogP contribution is 2.31. The van der Waals surface area contributed by atoms with Crippen molar-refractivity contribution in [3.63, 3.8) is 0 Å². The molecule has 2 atom stereocenters. The summed E-state index contributed by atoms with van der Waals surface area (Å²) in [6.07, 6.45) is 0. The van der Waals surface area contributed by atoms with E-state index in [1.807, 2.05) is 31.2 Å². The zero-order valence-electron chi connectivity index (χ0n) is 9.60. The first-order valence-electron chi connectivity index (χ1n) is 5.31. The van der Waals surface area contributed by atoms with Crippen molar-refractivity contribution < 1.29 is 9.90 Å². The van der Waals surface area contributed by atoms with Crippen molar-refractivity contribution in [1.29, 1.82) is 0 Å². The second-order valence-corrected chi connectivity index (χ2v) is 6.01. The Labute approximate surface area is 114 Å². The van der Waals surface area contributed by atoms with Crippen molar-refractivity contribution in [2.75, 3.05) is 12.4 Å². The van der Waals surface area contributed by atoms with E-state index in [4.69, 9.17) is 10.8 Å². The lowest BCUT2D eigenvalue weighted by atomic mass is 10.1. The zero-order chi connectivity index (χ0) is 12.8. The van der Waals surface area contributed by atoms with Gasteiger partial charge in [-0.3, -0.25) is 4.79 Å². The van der Waals surface area contributed by atoms with Crippen LogP contribution in [0.2, 0.25) is 0 Å². The van der Waals surface area contributed by atoms with Crippen molar-refractivity contribution in [1.82, 2.24) is 0 Å². The number of carbonyl (C=O) groups excluding carboxylic acids is 1. The third-order valence-electron chi connectivity index (χ3n) is 2.27. The van der Waals surface area contributed by atoms with Gasteiger partial charge in [0.25, 0.3) is 0 Å². The summed E-state index contributed by atoms with van der Waals surface area (Å²) in [5.74, 6) is 0.517. The second kappa shape index (κ2) is 7.03. The average molecular weight is 318 g/mol. The summed E-state index contributed by atoms with van der Waals surface area (Å²) in [5.41, 5.74) is 6.30. The number of nitrogens with two attached hydrogens (primary N) is 1. The Morgan fingerprint density at radius 3 is 2.82 bits per heavy atom. The van der Waals surface area contributed by atoms with Crippen LogP contribution in [-0.2, 0) is 4.79 Å². The normalized spacial score (nSPS) is 14.3. The number of aliphatic hydroxyl groups excluding tert-OH is 1. The van der Waals surface area contributed by atoms with Gasteiger partial charge in [0, 0.05) is 11.1 Å². The highest BCUT2D eigenvalue weighted by atomic mass is 79.9. The first-order chi connectivity index (χ1) is 8.04. The number of rotatable bonds is 6. The minimum Gasteiger partial charge on any atom is -0.396 e. The highest BCUT2D eigenvalue weighted by Gasteiger charge is 2.19. The molecule has 0 fully saturated rings. The van der Waals surface area contributed by atoms with E-state index in [0.717, 1.165) is 10.0 Å². The summed E-state index contributed by atoms with van der Waals surface area (Å²) >= 11 is 4.84. The Bertz CT molecular complexity index is 387. The van der Waals surface area contributed by atoms with Gasteiger partial charge in [0.2, 0.25) is 5.91 Å². The lowest BCUT2D eigenvalue weighted by Crippen LogP contribution is -2.20. The first-order valence-corrected chi connectivity index (χ1v) is 7.16. The largest absolute Gasteiger partial charge is 0.396 e. The molecule has 0 heterocycles. The van der Waals surface area contributed by atoms with Crippen LogP contribution < -0.4 is 5.73 Å². The minimum absolute atomic E-state index is 0.122. The van der Waals surface area contributed by atoms with Crippen molar-refractivity contribution in [2.45, 2.75) is 12.2 Å². The van der Waals surface area contributed by atoms with Gasteiger partial charge >= 0.3 is 0 Å². The van der Waals surface area contributed by atoms with Gasteiger partial charge in [-0.15, -0.1) is 11.8 Å². The van der Waals surface area contributed by atoms with E-state index in [0.29, 0.717) is 5.75 Å². The molecule has 0 aliphatic carbocycles. The molecule has 17 heavy (non-hydrogen) atoms. The number of thioether (sulfide) groups is 1. The highest BCUT2D eigenvalue weighted by molar-refractivity contribution is 9.10. The predicted molar refractivity (Wildman–Crippen MR) is 74.8 cm³/mol. The van der Waals surface area contributed by atoms with Crippen LogP contribution in [0.15, 0.2) is 28.7 Å². The fraction of sp³-hybridized carbons (Fsp3) is 0.417. The van der Waals surface area contributed by atoms with Crippen LogP contribution in [0, 0.1) is 5.92 Å². The maximum absolute atomic E-state index is 11.4. The lowest BCUT2D eigenvalue weighted by molar-refractivity contribution is -0.117. The Morgan fingerprint density at radius 2 is 2.29 bits per heavy atom. The zero-order valence-corrected chi connectivity index (χ0v) is 12.0. The number of carbonyl (C=O) groups is 1. The topological polar surface area (TPSA) is 63.3 Å². The Kier molecular flexibility index (Phi) is 6.02. The molecule has 0 saturated heterocycles. The van der Waals surface area contributed by atoms with Crippen LogP contribution in [0.1, 0.15) is 17.7 Å².